The van der Waals surface area contributed by atoms with Crippen molar-refractivity contribution in [2.24, 2.45) is 0 Å². The quantitative estimate of drug-likeness (QED) is 0.160. The van der Waals surface area contributed by atoms with E-state index in [2.05, 4.69) is 232 Å². The highest BCUT2D eigenvalue weighted by atomic mass is 15.1. The van der Waals surface area contributed by atoms with Crippen molar-refractivity contribution in [2.45, 2.75) is 0 Å². The van der Waals surface area contributed by atoms with Crippen LogP contribution in [0.25, 0.3) is 127 Å². The predicted octanol–water partition coefficient (Wildman–Crippen LogP) is 15.8. The topological polar surface area (TPSA) is 53.5 Å². The molecule has 0 amide bonds. The van der Waals surface area contributed by atoms with Crippen molar-refractivity contribution in [3.8, 4) is 61.8 Å². The summed E-state index contributed by atoms with van der Waals surface area (Å²) in [6.07, 6.45) is 5.83. The van der Waals surface area contributed by atoms with Crippen LogP contribution in [0.15, 0.2) is 243 Å². The van der Waals surface area contributed by atoms with Crippen LogP contribution in [0.5, 0.6) is 0 Å². The molecule has 0 saturated carbocycles. The molecule has 0 atom stereocenters. The molecule has 0 spiro atoms. The van der Waals surface area contributed by atoms with Crippen molar-refractivity contribution in [1.29, 1.82) is 0 Å². The molecule has 0 aliphatic heterocycles. The van der Waals surface area contributed by atoms with E-state index in [4.69, 9.17) is 15.0 Å². The molecule has 14 aromatic rings. The predicted molar refractivity (Wildman–Crippen MR) is 285 cm³/mol. The fourth-order valence-electron chi connectivity index (χ4n) is 10.6. The molecule has 6 heterocycles. The number of benzene rings is 8. The van der Waals surface area contributed by atoms with Gasteiger partial charge in [-0.25, -0.2) is 4.98 Å². The molecule has 0 aliphatic carbocycles. The van der Waals surface area contributed by atoms with E-state index in [9.17, 15) is 0 Å². The van der Waals surface area contributed by atoms with Crippen molar-refractivity contribution in [3.05, 3.63) is 243 Å². The molecule has 0 N–H and O–H groups in total. The van der Waals surface area contributed by atoms with Gasteiger partial charge in [-0.05, 0) is 113 Å². The van der Waals surface area contributed by atoms with Crippen LogP contribution in [0.2, 0.25) is 0 Å². The van der Waals surface area contributed by atoms with E-state index in [1.807, 2.05) is 24.7 Å². The lowest BCUT2D eigenvalue weighted by molar-refractivity contribution is 1.08. The summed E-state index contributed by atoms with van der Waals surface area (Å²) in [5, 5.41) is 5.85. The molecule has 6 nitrogen and oxygen atoms in total. The largest absolute Gasteiger partial charge is 0.308 e. The Labute approximate surface area is 397 Å². The normalized spacial score (nSPS) is 11.8. The highest BCUT2D eigenvalue weighted by Crippen LogP contribution is 2.40. The summed E-state index contributed by atoms with van der Waals surface area (Å²) in [5.74, 6) is 0.881. The molecule has 0 fully saturated rings. The minimum Gasteiger partial charge on any atom is -0.308 e. The average molecular weight is 881 g/mol. The second-order valence-corrected chi connectivity index (χ2v) is 17.7. The zero-order valence-electron chi connectivity index (χ0n) is 37.3. The number of aromatic nitrogens is 6. The molecule has 8 aromatic carbocycles. The molecule has 0 aliphatic rings. The van der Waals surface area contributed by atoms with E-state index in [1.54, 1.807) is 0 Å². The van der Waals surface area contributed by atoms with Crippen LogP contribution in [0.4, 0.5) is 0 Å². The van der Waals surface area contributed by atoms with Gasteiger partial charge in [-0.3, -0.25) is 14.5 Å². The van der Waals surface area contributed by atoms with Crippen molar-refractivity contribution in [1.82, 2.24) is 28.7 Å². The number of rotatable bonds is 7. The Morgan fingerprint density at radius 2 is 0.855 bits per heavy atom. The van der Waals surface area contributed by atoms with Gasteiger partial charge in [-0.15, -0.1) is 0 Å². The van der Waals surface area contributed by atoms with Gasteiger partial charge in [0.1, 0.15) is 5.82 Å². The second-order valence-electron chi connectivity index (χ2n) is 17.7. The summed E-state index contributed by atoms with van der Waals surface area (Å²) >= 11 is 0. The molecule has 6 heteroatoms. The number of nitrogens with zero attached hydrogens (tertiary/aromatic N) is 6. The van der Waals surface area contributed by atoms with Crippen molar-refractivity contribution in [2.75, 3.05) is 0 Å². The van der Waals surface area contributed by atoms with E-state index in [-0.39, 0.29) is 0 Å². The van der Waals surface area contributed by atoms with E-state index in [1.165, 1.54) is 21.5 Å². The Kier molecular flexibility index (Phi) is 8.79. The first-order chi connectivity index (χ1) is 34.2. The summed E-state index contributed by atoms with van der Waals surface area (Å²) in [7, 11) is 0. The van der Waals surface area contributed by atoms with Crippen LogP contribution in [0.1, 0.15) is 0 Å². The molecule has 322 valence electrons. The van der Waals surface area contributed by atoms with Crippen LogP contribution in [0.3, 0.4) is 0 Å². The number of hydrogen-bond acceptors (Lipinski definition) is 3. The molecule has 6 aromatic heterocycles. The SMILES string of the molecule is c1ccc(-c2cc(-c3ccccc3)nc(-n3c4ccccc4c4cc(-c5ccc6c7ccccc7n(-c7cncc(-c8ccc9c(c8)c8ncccc8n9-c8ccccc8)c7)c6c5)ccc43)c2)cc1. The average Bonchev–Trinajstić information content (AvgIpc) is 4.06. The fraction of sp³-hybridized carbons (Fsp3) is 0. The van der Waals surface area contributed by atoms with Crippen molar-refractivity contribution >= 4 is 65.5 Å². The molecule has 0 unspecified atom stereocenters. The summed E-state index contributed by atoms with van der Waals surface area (Å²) in [6.45, 7) is 0. The third-order valence-corrected chi connectivity index (χ3v) is 13.7. The lowest BCUT2D eigenvalue weighted by atomic mass is 10.0. The lowest BCUT2D eigenvalue weighted by Gasteiger charge is -2.13. The Morgan fingerprint density at radius 1 is 0.290 bits per heavy atom. The Hall–Kier alpha value is -9.39. The third-order valence-electron chi connectivity index (χ3n) is 13.7. The van der Waals surface area contributed by atoms with E-state index in [0.717, 1.165) is 106 Å². The van der Waals surface area contributed by atoms with Crippen LogP contribution in [-0.4, -0.2) is 28.7 Å². The van der Waals surface area contributed by atoms with Gasteiger partial charge in [-0.1, -0.05) is 140 Å². The van der Waals surface area contributed by atoms with Gasteiger partial charge < -0.3 is 9.13 Å². The lowest BCUT2D eigenvalue weighted by Crippen LogP contribution is -2.00. The van der Waals surface area contributed by atoms with E-state index >= 15 is 0 Å². The molecular weight excluding hydrogens is 841 g/mol. The summed E-state index contributed by atoms with van der Waals surface area (Å²) in [4.78, 5) is 15.1. The summed E-state index contributed by atoms with van der Waals surface area (Å²) < 4.78 is 6.99. The number of para-hydroxylation sites is 3. The monoisotopic (exact) mass is 880 g/mol. The van der Waals surface area contributed by atoms with Crippen LogP contribution < -0.4 is 0 Å². The maximum atomic E-state index is 5.36. The first-order valence-electron chi connectivity index (χ1n) is 23.3. The first-order valence-corrected chi connectivity index (χ1v) is 23.3. The van der Waals surface area contributed by atoms with Gasteiger partial charge in [0, 0.05) is 56.1 Å². The van der Waals surface area contributed by atoms with Gasteiger partial charge in [-0.2, -0.15) is 0 Å². The van der Waals surface area contributed by atoms with Gasteiger partial charge in [0.25, 0.3) is 0 Å². The Balaban J connectivity index is 0.904. The van der Waals surface area contributed by atoms with Crippen LogP contribution in [0, 0.1) is 0 Å². The van der Waals surface area contributed by atoms with Crippen LogP contribution in [-0.2, 0) is 0 Å². The highest BCUT2D eigenvalue weighted by Gasteiger charge is 2.20. The number of hydrogen-bond donors (Lipinski definition) is 0. The van der Waals surface area contributed by atoms with Crippen molar-refractivity contribution < 1.29 is 0 Å². The molecule has 0 radical (unpaired) electrons. The number of pyridine rings is 3. The van der Waals surface area contributed by atoms with Crippen LogP contribution >= 0.6 is 0 Å². The highest BCUT2D eigenvalue weighted by molar-refractivity contribution is 6.13. The standard InChI is InChI=1S/C63H40N6/c1-4-15-41(16-5-1)46-36-55(42-17-6-2-7-18-42)66-62(38-46)69-57-24-13-11-22-51(57)53-34-43(27-30-58(53)69)45-26-29-52-50-21-10-12-23-56(50)68(61(52)37-45)49-33-47(39-64-40-49)44-28-31-59-54(35-44)63-60(25-14-32-65-63)67(59)48-19-8-3-9-20-48/h1-40H. The zero-order valence-corrected chi connectivity index (χ0v) is 37.3. The molecule has 14 rings (SSSR count). The molecule has 0 bridgehead atoms. The Morgan fingerprint density at radius 3 is 1.64 bits per heavy atom. The molecule has 0 saturated heterocycles. The number of fused-ring (bicyclic) bond motifs is 9. The second kappa shape index (κ2) is 15.6. The summed E-state index contributed by atoms with van der Waals surface area (Å²) in [5.41, 5.74) is 18.4. The molecule has 69 heavy (non-hydrogen) atoms. The van der Waals surface area contributed by atoms with Gasteiger partial charge >= 0.3 is 0 Å². The third kappa shape index (κ3) is 6.30. The maximum absolute atomic E-state index is 5.36. The smallest absolute Gasteiger partial charge is 0.138 e. The van der Waals surface area contributed by atoms with Crippen molar-refractivity contribution in [3.63, 3.8) is 0 Å². The van der Waals surface area contributed by atoms with Gasteiger partial charge in [0.15, 0.2) is 0 Å². The Bertz CT molecular complexity index is 4240. The molecular formula is C63H40N6. The maximum Gasteiger partial charge on any atom is 0.138 e. The van der Waals surface area contributed by atoms with Gasteiger partial charge in [0.05, 0.1) is 56.2 Å². The minimum atomic E-state index is 0.881. The zero-order chi connectivity index (χ0) is 45.4. The van der Waals surface area contributed by atoms with E-state index in [0.29, 0.717) is 0 Å². The first kappa shape index (κ1) is 38.8. The summed E-state index contributed by atoms with van der Waals surface area (Å²) in [6, 6.07) is 80.2. The fourth-order valence-corrected chi connectivity index (χ4v) is 10.6. The van der Waals surface area contributed by atoms with E-state index < -0.39 is 0 Å². The van der Waals surface area contributed by atoms with Gasteiger partial charge in [0.2, 0.25) is 0 Å². The minimum absolute atomic E-state index is 0.881.